The first kappa shape index (κ1) is 23.7. The molecule has 3 rings (SSSR count). The molecular weight excluding hydrogens is 449 g/mol. The molecule has 2 aromatic rings. The molecule has 1 amide bonds. The minimum Gasteiger partial charge on any atom is -0.495 e. The summed E-state index contributed by atoms with van der Waals surface area (Å²) in [5.41, 5.74) is 1.81. The first-order valence-corrected chi connectivity index (χ1v) is 11.4. The number of ether oxygens (including phenoxy) is 1. The molecule has 0 saturated heterocycles. The van der Waals surface area contributed by atoms with Crippen LogP contribution in [-0.4, -0.2) is 18.8 Å². The SMILES string of the molecule is [C-]#[N+]C1=C(SCCC)NC(C)=C(C(=O)Nc2ccccc2OC)C1c1ccc(Cl)cc1F. The average molecular weight is 472 g/mol. The number of nitrogens with one attached hydrogen (secondary N) is 2. The van der Waals surface area contributed by atoms with Crippen molar-refractivity contribution < 1.29 is 13.9 Å². The zero-order chi connectivity index (χ0) is 23.3. The largest absolute Gasteiger partial charge is 0.495 e. The summed E-state index contributed by atoms with van der Waals surface area (Å²) in [5.74, 6) is -0.606. The number of hydrogen-bond donors (Lipinski definition) is 2. The van der Waals surface area contributed by atoms with Gasteiger partial charge < -0.3 is 15.4 Å². The number of benzene rings is 2. The maximum atomic E-state index is 15.0. The molecule has 0 radical (unpaired) electrons. The van der Waals surface area contributed by atoms with Gasteiger partial charge in [0.15, 0.2) is 0 Å². The second kappa shape index (κ2) is 10.6. The number of allylic oxidation sites excluding steroid dienone is 2. The topological polar surface area (TPSA) is 54.7 Å². The van der Waals surface area contributed by atoms with Gasteiger partial charge in [-0.25, -0.2) is 9.24 Å². The lowest BCUT2D eigenvalue weighted by Gasteiger charge is -2.30. The summed E-state index contributed by atoms with van der Waals surface area (Å²) in [6, 6.07) is 11.3. The van der Waals surface area contributed by atoms with Crippen LogP contribution in [0.15, 0.2) is 64.5 Å². The number of nitrogens with zero attached hydrogens (tertiary/aromatic N) is 1. The first-order chi connectivity index (χ1) is 15.4. The number of halogens is 2. The third kappa shape index (κ3) is 4.93. The van der Waals surface area contributed by atoms with Crippen molar-refractivity contribution in [3.8, 4) is 5.75 Å². The summed E-state index contributed by atoms with van der Waals surface area (Å²) in [7, 11) is 1.51. The fraction of sp³-hybridized carbons (Fsp3) is 0.250. The van der Waals surface area contributed by atoms with Crippen LogP contribution in [0.1, 0.15) is 31.7 Å². The van der Waals surface area contributed by atoms with Gasteiger partial charge in [-0.15, -0.1) is 11.8 Å². The minimum atomic E-state index is -0.875. The summed E-state index contributed by atoms with van der Waals surface area (Å²) in [4.78, 5) is 17.2. The standard InChI is InChI=1S/C24H23ClFN3O2S/c1-5-12-32-24-22(27-3)21(16-11-10-15(25)13-17(16)26)20(14(2)28-24)23(30)29-18-8-6-7-9-19(18)31-4/h6-11,13,21,28H,5,12H2,1-2,4H3,(H,29,30). The van der Waals surface area contributed by atoms with Gasteiger partial charge >= 0.3 is 0 Å². The van der Waals surface area contributed by atoms with Gasteiger partial charge in [-0.1, -0.05) is 36.7 Å². The van der Waals surface area contributed by atoms with E-state index in [9.17, 15) is 4.79 Å². The van der Waals surface area contributed by atoms with Crippen LogP contribution in [0.4, 0.5) is 10.1 Å². The minimum absolute atomic E-state index is 0.223. The zero-order valence-corrected chi connectivity index (χ0v) is 19.5. The lowest BCUT2D eigenvalue weighted by atomic mass is 9.84. The van der Waals surface area contributed by atoms with E-state index in [1.54, 1.807) is 37.3 Å². The van der Waals surface area contributed by atoms with E-state index < -0.39 is 17.6 Å². The average Bonchev–Trinajstić information content (AvgIpc) is 2.77. The third-order valence-corrected chi connectivity index (χ3v) is 6.39. The van der Waals surface area contributed by atoms with E-state index in [0.717, 1.165) is 12.2 Å². The van der Waals surface area contributed by atoms with Crippen LogP contribution in [0, 0.1) is 12.4 Å². The van der Waals surface area contributed by atoms with Crippen molar-refractivity contribution in [2.45, 2.75) is 26.2 Å². The number of para-hydroxylation sites is 2. The van der Waals surface area contributed by atoms with Gasteiger partial charge in [0.2, 0.25) is 5.70 Å². The van der Waals surface area contributed by atoms with E-state index in [-0.39, 0.29) is 21.9 Å². The Kier molecular flexibility index (Phi) is 7.84. The molecule has 0 aliphatic carbocycles. The molecule has 1 aliphatic rings. The molecule has 5 nitrogen and oxygen atoms in total. The van der Waals surface area contributed by atoms with Crippen LogP contribution in [0.5, 0.6) is 5.75 Å². The highest BCUT2D eigenvalue weighted by Gasteiger charge is 2.36. The molecular formula is C24H23ClFN3O2S. The molecule has 1 unspecified atom stereocenters. The van der Waals surface area contributed by atoms with Crippen molar-refractivity contribution in [2.24, 2.45) is 0 Å². The van der Waals surface area contributed by atoms with Crippen molar-refractivity contribution >= 4 is 35.0 Å². The Morgan fingerprint density at radius 3 is 2.75 bits per heavy atom. The smallest absolute Gasteiger partial charge is 0.253 e. The van der Waals surface area contributed by atoms with Crippen molar-refractivity contribution in [3.63, 3.8) is 0 Å². The Morgan fingerprint density at radius 2 is 2.09 bits per heavy atom. The van der Waals surface area contributed by atoms with Crippen LogP contribution in [0.3, 0.4) is 0 Å². The molecule has 0 bridgehead atoms. The van der Waals surface area contributed by atoms with Crippen molar-refractivity contribution in [3.05, 3.63) is 92.3 Å². The van der Waals surface area contributed by atoms with Gasteiger partial charge in [0.25, 0.3) is 5.91 Å². The lowest BCUT2D eigenvalue weighted by molar-refractivity contribution is -0.113. The summed E-state index contributed by atoms with van der Waals surface area (Å²) in [5, 5.41) is 6.93. The Labute approximate surface area is 196 Å². The number of anilines is 1. The van der Waals surface area contributed by atoms with Gasteiger partial charge in [-0.05, 0) is 48.9 Å². The summed E-state index contributed by atoms with van der Waals surface area (Å²) >= 11 is 7.44. The lowest BCUT2D eigenvalue weighted by Crippen LogP contribution is -2.30. The first-order valence-electron chi connectivity index (χ1n) is 10.0. The quantitative estimate of drug-likeness (QED) is 0.464. The molecule has 0 spiro atoms. The molecule has 0 aromatic heterocycles. The number of hydrogen-bond acceptors (Lipinski definition) is 4. The van der Waals surface area contributed by atoms with E-state index in [4.69, 9.17) is 22.9 Å². The highest BCUT2D eigenvalue weighted by atomic mass is 35.5. The number of rotatable bonds is 7. The maximum Gasteiger partial charge on any atom is 0.253 e. The molecule has 32 heavy (non-hydrogen) atoms. The number of thioether (sulfide) groups is 1. The van der Waals surface area contributed by atoms with E-state index in [2.05, 4.69) is 15.5 Å². The number of methoxy groups -OCH3 is 1. The number of dihydropyridines is 1. The summed E-state index contributed by atoms with van der Waals surface area (Å²) in [6.45, 7) is 11.6. The normalized spacial score (nSPS) is 15.8. The van der Waals surface area contributed by atoms with Gasteiger partial charge in [0.1, 0.15) is 11.6 Å². The zero-order valence-electron chi connectivity index (χ0n) is 18.0. The summed E-state index contributed by atoms with van der Waals surface area (Å²) in [6.07, 6.45) is 0.908. The number of carbonyl (C=O) groups is 1. The Morgan fingerprint density at radius 1 is 1.34 bits per heavy atom. The highest BCUT2D eigenvalue weighted by molar-refractivity contribution is 8.03. The van der Waals surface area contributed by atoms with Gasteiger partial charge in [0, 0.05) is 16.3 Å². The Bertz CT molecular complexity index is 1140. The predicted octanol–water partition coefficient (Wildman–Crippen LogP) is 6.32. The van der Waals surface area contributed by atoms with Crippen LogP contribution >= 0.6 is 23.4 Å². The molecule has 1 aliphatic heterocycles. The van der Waals surface area contributed by atoms with E-state index in [0.29, 0.717) is 22.2 Å². The fourth-order valence-corrected chi connectivity index (χ4v) is 4.60. The van der Waals surface area contributed by atoms with Crippen LogP contribution < -0.4 is 15.4 Å². The molecule has 8 heteroatoms. The molecule has 2 aromatic carbocycles. The van der Waals surface area contributed by atoms with Crippen molar-refractivity contribution in [1.82, 2.24) is 5.32 Å². The molecule has 1 atom stereocenters. The fourth-order valence-electron chi connectivity index (χ4n) is 3.49. The number of carbonyl (C=O) groups excluding carboxylic acids is 1. The van der Waals surface area contributed by atoms with E-state index >= 15 is 4.39 Å². The van der Waals surface area contributed by atoms with Crippen LogP contribution in [0.2, 0.25) is 5.02 Å². The maximum absolute atomic E-state index is 15.0. The molecule has 0 saturated carbocycles. The molecule has 0 fully saturated rings. The monoisotopic (exact) mass is 471 g/mol. The van der Waals surface area contributed by atoms with E-state index in [1.165, 1.54) is 31.0 Å². The molecule has 166 valence electrons. The van der Waals surface area contributed by atoms with E-state index in [1.807, 2.05) is 6.92 Å². The third-order valence-electron chi connectivity index (χ3n) is 4.94. The van der Waals surface area contributed by atoms with Gasteiger partial charge in [-0.2, -0.15) is 0 Å². The predicted molar refractivity (Wildman–Crippen MR) is 128 cm³/mol. The van der Waals surface area contributed by atoms with Crippen LogP contribution in [-0.2, 0) is 4.79 Å². The molecule has 2 N–H and O–H groups in total. The molecule has 1 heterocycles. The van der Waals surface area contributed by atoms with Gasteiger partial charge in [0.05, 0.1) is 30.3 Å². The Hall–Kier alpha value is -2.95. The van der Waals surface area contributed by atoms with Crippen LogP contribution in [0.25, 0.3) is 4.85 Å². The van der Waals surface area contributed by atoms with Gasteiger partial charge in [-0.3, -0.25) is 4.79 Å². The summed E-state index contributed by atoms with van der Waals surface area (Å²) < 4.78 is 20.3. The Balaban J connectivity index is 2.11. The van der Waals surface area contributed by atoms with Crippen molar-refractivity contribution in [1.29, 1.82) is 0 Å². The van der Waals surface area contributed by atoms with Crippen molar-refractivity contribution in [2.75, 3.05) is 18.2 Å². The second-order valence-corrected chi connectivity index (χ2v) is 8.63. The second-order valence-electron chi connectivity index (χ2n) is 7.09. The highest BCUT2D eigenvalue weighted by Crippen LogP contribution is 2.43. The number of amides is 1.